The first kappa shape index (κ1) is 17.1. The summed E-state index contributed by atoms with van der Waals surface area (Å²) in [5, 5.41) is 0. The van der Waals surface area contributed by atoms with Crippen LogP contribution in [0, 0.1) is 17.8 Å². The fraction of sp³-hybridized carbons (Fsp3) is 0.588. The number of carbonyl (C=O) groups excluding carboxylic acids is 1. The zero-order valence-corrected chi connectivity index (χ0v) is 14.0. The summed E-state index contributed by atoms with van der Waals surface area (Å²) in [6, 6.07) is 7.93. The molecule has 0 saturated heterocycles. The van der Waals surface area contributed by atoms with E-state index in [1.54, 1.807) is 7.11 Å². The highest BCUT2D eigenvalue weighted by Gasteiger charge is 2.49. The molecule has 2 aliphatic carbocycles. The number of carbonyl (C=O) groups is 1. The van der Waals surface area contributed by atoms with Crippen molar-refractivity contribution in [1.82, 2.24) is 4.90 Å². The van der Waals surface area contributed by atoms with Crippen molar-refractivity contribution >= 4 is 18.3 Å². The van der Waals surface area contributed by atoms with E-state index < -0.39 is 0 Å². The number of benzene rings is 1. The third-order valence-electron chi connectivity index (χ3n) is 5.22. The fourth-order valence-corrected chi connectivity index (χ4v) is 4.04. The van der Waals surface area contributed by atoms with Crippen molar-refractivity contribution in [2.45, 2.75) is 31.8 Å². The number of hydrogen-bond acceptors (Lipinski definition) is 3. The third kappa shape index (κ3) is 3.08. The fourth-order valence-electron chi connectivity index (χ4n) is 4.04. The standard InChI is InChI=1S/C17H24N2O2.ClH/c1-19(10-11-3-7-14(21-2)8-4-11)17(20)15-12-5-6-13(9-12)16(15)18;/h3-4,7-8,12-13,15-16H,5-6,9-10,18H2,1-2H3;1H. The molecule has 0 radical (unpaired) electrons. The van der Waals surface area contributed by atoms with Gasteiger partial charge in [-0.15, -0.1) is 12.4 Å². The number of rotatable bonds is 4. The van der Waals surface area contributed by atoms with Gasteiger partial charge in [0, 0.05) is 19.6 Å². The molecule has 3 rings (SSSR count). The summed E-state index contributed by atoms with van der Waals surface area (Å²) in [5.74, 6) is 2.16. The lowest BCUT2D eigenvalue weighted by molar-refractivity contribution is -0.137. The van der Waals surface area contributed by atoms with Crippen molar-refractivity contribution in [2.75, 3.05) is 14.2 Å². The predicted octanol–water partition coefficient (Wildman–Crippen LogP) is 2.45. The lowest BCUT2D eigenvalue weighted by atomic mass is 9.84. The minimum Gasteiger partial charge on any atom is -0.497 e. The molecule has 0 aliphatic heterocycles. The van der Waals surface area contributed by atoms with Gasteiger partial charge < -0.3 is 15.4 Å². The molecule has 22 heavy (non-hydrogen) atoms. The molecule has 5 heteroatoms. The Balaban J connectivity index is 0.00000176. The van der Waals surface area contributed by atoms with Gasteiger partial charge in [-0.2, -0.15) is 0 Å². The predicted molar refractivity (Wildman–Crippen MR) is 89.0 cm³/mol. The quantitative estimate of drug-likeness (QED) is 0.925. The Morgan fingerprint density at radius 2 is 1.91 bits per heavy atom. The molecule has 1 amide bonds. The molecular formula is C17H25ClN2O2. The first-order valence-corrected chi connectivity index (χ1v) is 7.73. The van der Waals surface area contributed by atoms with E-state index in [0.29, 0.717) is 18.4 Å². The van der Waals surface area contributed by atoms with E-state index in [-0.39, 0.29) is 30.3 Å². The van der Waals surface area contributed by atoms with Gasteiger partial charge in [-0.05, 0) is 48.8 Å². The Bertz CT molecular complexity index is 518. The number of amides is 1. The minimum absolute atomic E-state index is 0. The molecule has 0 aromatic heterocycles. The molecule has 0 heterocycles. The highest BCUT2D eigenvalue weighted by atomic mass is 35.5. The van der Waals surface area contributed by atoms with Gasteiger partial charge in [-0.1, -0.05) is 12.1 Å². The summed E-state index contributed by atoms with van der Waals surface area (Å²) in [5.41, 5.74) is 7.38. The van der Waals surface area contributed by atoms with Crippen LogP contribution in [0.4, 0.5) is 0 Å². The number of nitrogens with two attached hydrogens (primary N) is 1. The number of nitrogens with zero attached hydrogens (tertiary/aromatic N) is 1. The summed E-state index contributed by atoms with van der Waals surface area (Å²) < 4.78 is 5.15. The van der Waals surface area contributed by atoms with Crippen LogP contribution in [-0.4, -0.2) is 31.0 Å². The molecule has 2 N–H and O–H groups in total. The van der Waals surface area contributed by atoms with Crippen molar-refractivity contribution < 1.29 is 9.53 Å². The van der Waals surface area contributed by atoms with Crippen LogP contribution in [-0.2, 0) is 11.3 Å². The van der Waals surface area contributed by atoms with Gasteiger partial charge in [-0.25, -0.2) is 0 Å². The Morgan fingerprint density at radius 1 is 1.27 bits per heavy atom. The van der Waals surface area contributed by atoms with Gasteiger partial charge in [0.15, 0.2) is 0 Å². The second kappa shape index (κ2) is 6.88. The Morgan fingerprint density at radius 3 is 2.45 bits per heavy atom. The van der Waals surface area contributed by atoms with Gasteiger partial charge in [0.05, 0.1) is 13.0 Å². The van der Waals surface area contributed by atoms with Crippen LogP contribution in [0.15, 0.2) is 24.3 Å². The van der Waals surface area contributed by atoms with E-state index >= 15 is 0 Å². The highest BCUT2D eigenvalue weighted by Crippen LogP contribution is 2.48. The van der Waals surface area contributed by atoms with E-state index in [1.165, 1.54) is 12.8 Å². The largest absolute Gasteiger partial charge is 0.497 e. The van der Waals surface area contributed by atoms with Crippen molar-refractivity contribution in [2.24, 2.45) is 23.5 Å². The van der Waals surface area contributed by atoms with Crippen molar-refractivity contribution in [3.8, 4) is 5.75 Å². The molecule has 4 atom stereocenters. The van der Waals surface area contributed by atoms with E-state index in [1.807, 2.05) is 36.2 Å². The molecule has 2 saturated carbocycles. The van der Waals surface area contributed by atoms with E-state index in [2.05, 4.69) is 0 Å². The van der Waals surface area contributed by atoms with E-state index in [0.717, 1.165) is 17.7 Å². The summed E-state index contributed by atoms with van der Waals surface area (Å²) in [6.07, 6.45) is 3.52. The molecule has 2 bridgehead atoms. The molecule has 4 unspecified atom stereocenters. The Hall–Kier alpha value is -1.26. The first-order chi connectivity index (χ1) is 10.1. The zero-order chi connectivity index (χ0) is 15.0. The molecule has 2 fully saturated rings. The lowest BCUT2D eigenvalue weighted by Gasteiger charge is -2.30. The summed E-state index contributed by atoms with van der Waals surface area (Å²) in [4.78, 5) is 14.5. The van der Waals surface area contributed by atoms with Crippen LogP contribution in [0.5, 0.6) is 5.75 Å². The van der Waals surface area contributed by atoms with Crippen LogP contribution in [0.1, 0.15) is 24.8 Å². The second-order valence-electron chi connectivity index (χ2n) is 6.48. The Kier molecular flexibility index (Phi) is 5.35. The second-order valence-corrected chi connectivity index (χ2v) is 6.48. The summed E-state index contributed by atoms with van der Waals surface area (Å²) in [7, 11) is 3.53. The molecule has 122 valence electrons. The number of ether oxygens (including phenoxy) is 1. The maximum atomic E-state index is 12.7. The number of fused-ring (bicyclic) bond motifs is 2. The van der Waals surface area contributed by atoms with Gasteiger partial charge >= 0.3 is 0 Å². The van der Waals surface area contributed by atoms with E-state index in [4.69, 9.17) is 10.5 Å². The summed E-state index contributed by atoms with van der Waals surface area (Å²) in [6.45, 7) is 0.628. The van der Waals surface area contributed by atoms with Crippen LogP contribution in [0.25, 0.3) is 0 Å². The zero-order valence-electron chi connectivity index (χ0n) is 13.2. The van der Waals surface area contributed by atoms with Crippen molar-refractivity contribution in [3.05, 3.63) is 29.8 Å². The van der Waals surface area contributed by atoms with Crippen molar-refractivity contribution in [1.29, 1.82) is 0 Å². The average molecular weight is 325 g/mol. The first-order valence-electron chi connectivity index (χ1n) is 7.73. The minimum atomic E-state index is 0. The topological polar surface area (TPSA) is 55.6 Å². The molecule has 2 aliphatic rings. The molecule has 0 spiro atoms. The highest BCUT2D eigenvalue weighted by molar-refractivity contribution is 5.85. The normalized spacial score (nSPS) is 29.0. The molecular weight excluding hydrogens is 300 g/mol. The monoisotopic (exact) mass is 324 g/mol. The molecule has 1 aromatic rings. The third-order valence-corrected chi connectivity index (χ3v) is 5.22. The molecule has 1 aromatic carbocycles. The van der Waals surface area contributed by atoms with Crippen molar-refractivity contribution in [3.63, 3.8) is 0 Å². The summed E-state index contributed by atoms with van der Waals surface area (Å²) >= 11 is 0. The van der Waals surface area contributed by atoms with Gasteiger partial charge in [0.2, 0.25) is 5.91 Å². The molecule has 4 nitrogen and oxygen atoms in total. The number of halogens is 1. The SMILES string of the molecule is COc1ccc(CN(C)C(=O)C2C3CCC(C3)C2N)cc1.Cl. The Labute approximate surface area is 138 Å². The van der Waals surface area contributed by atoms with Gasteiger partial charge in [0.25, 0.3) is 0 Å². The smallest absolute Gasteiger partial charge is 0.227 e. The van der Waals surface area contributed by atoms with Gasteiger partial charge in [-0.3, -0.25) is 4.79 Å². The maximum Gasteiger partial charge on any atom is 0.227 e. The van der Waals surface area contributed by atoms with Crippen LogP contribution in [0.2, 0.25) is 0 Å². The van der Waals surface area contributed by atoms with Crippen LogP contribution >= 0.6 is 12.4 Å². The van der Waals surface area contributed by atoms with Crippen LogP contribution < -0.4 is 10.5 Å². The number of methoxy groups -OCH3 is 1. The number of hydrogen-bond donors (Lipinski definition) is 1. The lowest BCUT2D eigenvalue weighted by Crippen LogP contribution is -2.45. The van der Waals surface area contributed by atoms with E-state index in [9.17, 15) is 4.79 Å². The average Bonchev–Trinajstić information content (AvgIpc) is 3.08. The maximum absolute atomic E-state index is 12.7. The van der Waals surface area contributed by atoms with Gasteiger partial charge in [0.1, 0.15) is 5.75 Å². The van der Waals surface area contributed by atoms with Crippen LogP contribution in [0.3, 0.4) is 0 Å².